The summed E-state index contributed by atoms with van der Waals surface area (Å²) in [7, 11) is 1.35. The van der Waals surface area contributed by atoms with E-state index in [2.05, 4.69) is 15.4 Å². The average molecular weight is 292 g/mol. The first-order chi connectivity index (χ1) is 10.2. The lowest BCUT2D eigenvalue weighted by molar-refractivity contribution is -0.141. The molecule has 2 rings (SSSR count). The summed E-state index contributed by atoms with van der Waals surface area (Å²) in [5.41, 5.74) is 0.743. The number of hydrogen-bond donors (Lipinski definition) is 2. The zero-order chi connectivity index (χ0) is 15.1. The minimum Gasteiger partial charge on any atom is -0.493 e. The highest BCUT2D eigenvalue weighted by Gasteiger charge is 2.22. The molecule has 6 nitrogen and oxygen atoms in total. The zero-order valence-corrected chi connectivity index (χ0v) is 12.1. The van der Waals surface area contributed by atoms with Crippen LogP contribution in [-0.2, 0) is 14.3 Å². The van der Waals surface area contributed by atoms with Crippen LogP contribution < -0.4 is 15.4 Å². The van der Waals surface area contributed by atoms with Gasteiger partial charge in [0.15, 0.2) is 0 Å². The van der Waals surface area contributed by atoms with E-state index in [4.69, 9.17) is 4.74 Å². The number of carbonyl (C=O) groups is 2. The zero-order valence-electron chi connectivity index (χ0n) is 12.1. The van der Waals surface area contributed by atoms with E-state index >= 15 is 0 Å². The lowest BCUT2D eigenvalue weighted by atomic mass is 10.1. The largest absolute Gasteiger partial charge is 0.493 e. The van der Waals surface area contributed by atoms with Crippen molar-refractivity contribution in [3.63, 3.8) is 0 Å². The maximum Gasteiger partial charge on any atom is 0.308 e. The molecule has 0 bridgehead atoms. The Morgan fingerprint density at radius 3 is 2.71 bits per heavy atom. The van der Waals surface area contributed by atoms with Gasteiger partial charge in [-0.15, -0.1) is 0 Å². The summed E-state index contributed by atoms with van der Waals surface area (Å²) in [4.78, 5) is 22.9. The molecule has 1 unspecified atom stereocenters. The van der Waals surface area contributed by atoms with Gasteiger partial charge in [-0.3, -0.25) is 9.59 Å². The van der Waals surface area contributed by atoms with Crippen LogP contribution in [0.3, 0.4) is 0 Å². The fourth-order valence-corrected chi connectivity index (χ4v) is 2.11. The highest BCUT2D eigenvalue weighted by molar-refractivity contribution is 5.92. The SMILES string of the molecule is COC(=O)CCOc1ccc(NC(=O)C2CCNC2)cc1. The van der Waals surface area contributed by atoms with Crippen molar-refractivity contribution in [3.8, 4) is 5.75 Å². The van der Waals surface area contributed by atoms with Gasteiger partial charge in [-0.2, -0.15) is 0 Å². The number of anilines is 1. The fraction of sp³-hybridized carbons (Fsp3) is 0.467. The molecule has 1 amide bonds. The Kier molecular flexibility index (Phi) is 5.57. The molecular weight excluding hydrogens is 272 g/mol. The first-order valence-corrected chi connectivity index (χ1v) is 7.00. The van der Waals surface area contributed by atoms with Gasteiger partial charge in [0.2, 0.25) is 5.91 Å². The van der Waals surface area contributed by atoms with Gasteiger partial charge >= 0.3 is 5.97 Å². The first kappa shape index (κ1) is 15.3. The Morgan fingerprint density at radius 1 is 1.33 bits per heavy atom. The summed E-state index contributed by atoms with van der Waals surface area (Å²) in [6.45, 7) is 1.90. The minimum atomic E-state index is -0.302. The molecule has 1 saturated heterocycles. The van der Waals surface area contributed by atoms with Gasteiger partial charge in [-0.05, 0) is 37.2 Å². The van der Waals surface area contributed by atoms with Crippen molar-refractivity contribution in [3.05, 3.63) is 24.3 Å². The van der Waals surface area contributed by atoms with Crippen molar-refractivity contribution in [2.75, 3.05) is 32.1 Å². The summed E-state index contributed by atoms with van der Waals surface area (Å²) in [6.07, 6.45) is 1.09. The highest BCUT2D eigenvalue weighted by Crippen LogP contribution is 2.17. The van der Waals surface area contributed by atoms with Gasteiger partial charge < -0.3 is 20.1 Å². The van der Waals surface area contributed by atoms with Crippen molar-refractivity contribution in [2.24, 2.45) is 5.92 Å². The van der Waals surface area contributed by atoms with E-state index < -0.39 is 0 Å². The lowest BCUT2D eigenvalue weighted by Crippen LogP contribution is -2.24. The van der Waals surface area contributed by atoms with E-state index in [0.717, 1.165) is 25.2 Å². The van der Waals surface area contributed by atoms with Crippen LogP contribution in [-0.4, -0.2) is 38.7 Å². The Balaban J connectivity index is 1.78. The molecule has 2 N–H and O–H groups in total. The van der Waals surface area contributed by atoms with E-state index in [0.29, 0.717) is 5.75 Å². The van der Waals surface area contributed by atoms with Gasteiger partial charge in [-0.1, -0.05) is 0 Å². The number of hydrogen-bond acceptors (Lipinski definition) is 5. The lowest BCUT2D eigenvalue weighted by Gasteiger charge is -2.11. The van der Waals surface area contributed by atoms with E-state index in [9.17, 15) is 9.59 Å². The molecule has 1 aliphatic rings. The topological polar surface area (TPSA) is 76.7 Å². The number of carbonyl (C=O) groups excluding carboxylic acids is 2. The predicted octanol–water partition coefficient (Wildman–Crippen LogP) is 1.18. The third kappa shape index (κ3) is 4.75. The molecule has 0 spiro atoms. The third-order valence-electron chi connectivity index (χ3n) is 3.36. The highest BCUT2D eigenvalue weighted by atomic mass is 16.5. The van der Waals surface area contributed by atoms with E-state index in [1.54, 1.807) is 24.3 Å². The second kappa shape index (κ2) is 7.64. The number of amides is 1. The van der Waals surface area contributed by atoms with Crippen LogP contribution in [0.5, 0.6) is 5.75 Å². The molecule has 0 aromatic heterocycles. The van der Waals surface area contributed by atoms with Gasteiger partial charge in [0.05, 0.1) is 26.1 Å². The minimum absolute atomic E-state index is 0.0411. The van der Waals surface area contributed by atoms with Crippen LogP contribution in [0.1, 0.15) is 12.8 Å². The summed E-state index contributed by atoms with van der Waals surface area (Å²) in [6, 6.07) is 7.10. The van der Waals surface area contributed by atoms with Crippen molar-refractivity contribution < 1.29 is 19.1 Å². The molecule has 6 heteroatoms. The molecule has 1 aliphatic heterocycles. The first-order valence-electron chi connectivity index (χ1n) is 7.00. The number of esters is 1. The van der Waals surface area contributed by atoms with Crippen LogP contribution in [0, 0.1) is 5.92 Å². The number of benzene rings is 1. The molecule has 0 aliphatic carbocycles. The summed E-state index contributed by atoms with van der Waals surface area (Å²) >= 11 is 0. The van der Waals surface area contributed by atoms with Crippen LogP contribution in [0.2, 0.25) is 0 Å². The maximum atomic E-state index is 11.9. The van der Waals surface area contributed by atoms with Crippen LogP contribution in [0.25, 0.3) is 0 Å². The number of rotatable bonds is 6. The molecular formula is C15H20N2O4. The van der Waals surface area contributed by atoms with Gasteiger partial charge in [-0.25, -0.2) is 0 Å². The average Bonchev–Trinajstić information content (AvgIpc) is 3.03. The number of methoxy groups -OCH3 is 1. The molecule has 1 heterocycles. The molecule has 0 saturated carbocycles. The molecule has 21 heavy (non-hydrogen) atoms. The van der Waals surface area contributed by atoms with Gasteiger partial charge in [0, 0.05) is 12.2 Å². The van der Waals surface area contributed by atoms with Crippen LogP contribution in [0.15, 0.2) is 24.3 Å². The molecule has 1 aromatic carbocycles. The van der Waals surface area contributed by atoms with Crippen molar-refractivity contribution >= 4 is 17.6 Å². The third-order valence-corrected chi connectivity index (χ3v) is 3.36. The van der Waals surface area contributed by atoms with Gasteiger partial charge in [0.1, 0.15) is 5.75 Å². The standard InChI is InChI=1S/C15H20N2O4/c1-20-14(18)7-9-21-13-4-2-12(3-5-13)17-15(19)11-6-8-16-10-11/h2-5,11,16H,6-10H2,1H3,(H,17,19). The quantitative estimate of drug-likeness (QED) is 0.770. The predicted molar refractivity (Wildman–Crippen MR) is 78.2 cm³/mol. The Hall–Kier alpha value is -2.08. The fourth-order valence-electron chi connectivity index (χ4n) is 2.11. The summed E-state index contributed by atoms with van der Waals surface area (Å²) in [5.74, 6) is 0.434. The van der Waals surface area contributed by atoms with Crippen molar-refractivity contribution in [1.82, 2.24) is 5.32 Å². The molecule has 114 valence electrons. The van der Waals surface area contributed by atoms with E-state index in [-0.39, 0.29) is 30.8 Å². The van der Waals surface area contributed by atoms with Crippen molar-refractivity contribution in [2.45, 2.75) is 12.8 Å². The molecule has 1 aromatic rings. The van der Waals surface area contributed by atoms with E-state index in [1.807, 2.05) is 0 Å². The number of ether oxygens (including phenoxy) is 2. The molecule has 1 atom stereocenters. The van der Waals surface area contributed by atoms with Gasteiger partial charge in [0.25, 0.3) is 0 Å². The molecule has 0 radical (unpaired) electrons. The van der Waals surface area contributed by atoms with Crippen molar-refractivity contribution in [1.29, 1.82) is 0 Å². The Morgan fingerprint density at radius 2 is 2.10 bits per heavy atom. The Bertz CT molecular complexity index is 481. The van der Waals surface area contributed by atoms with Crippen LogP contribution >= 0.6 is 0 Å². The summed E-state index contributed by atoms with van der Waals surface area (Å²) in [5, 5.41) is 6.05. The number of nitrogens with one attached hydrogen (secondary N) is 2. The monoisotopic (exact) mass is 292 g/mol. The second-order valence-corrected chi connectivity index (χ2v) is 4.88. The normalized spacial score (nSPS) is 17.3. The smallest absolute Gasteiger partial charge is 0.308 e. The maximum absolute atomic E-state index is 11.9. The van der Waals surface area contributed by atoms with Crippen LogP contribution in [0.4, 0.5) is 5.69 Å². The summed E-state index contributed by atoms with van der Waals surface area (Å²) < 4.78 is 9.94. The molecule has 1 fully saturated rings. The second-order valence-electron chi connectivity index (χ2n) is 4.88. The Labute approximate surface area is 123 Å². The van der Waals surface area contributed by atoms with E-state index in [1.165, 1.54) is 7.11 Å².